The molecule has 0 atom stereocenters. The van der Waals surface area contributed by atoms with Crippen LogP contribution in [0.4, 0.5) is 0 Å². The van der Waals surface area contributed by atoms with Gasteiger partial charge in [-0.05, 0) is 30.0 Å². The van der Waals surface area contributed by atoms with Gasteiger partial charge in [0.1, 0.15) is 11.5 Å². The number of hydrogen-bond donors (Lipinski definition) is 1. The average molecular weight is 188 g/mol. The number of hydrogen-bond acceptors (Lipinski definition) is 2. The van der Waals surface area contributed by atoms with E-state index in [1.165, 1.54) is 0 Å². The third-order valence-electron chi connectivity index (χ3n) is 2.28. The number of rotatable bonds is 1. The van der Waals surface area contributed by atoms with Crippen molar-refractivity contribution in [2.45, 2.75) is 6.92 Å². The second-order valence-electron chi connectivity index (χ2n) is 3.34. The molecule has 0 saturated carbocycles. The van der Waals surface area contributed by atoms with Crippen molar-refractivity contribution in [3.8, 4) is 11.5 Å². The Hall–Kier alpha value is -1.70. The minimum Gasteiger partial charge on any atom is -0.507 e. The quantitative estimate of drug-likeness (QED) is 0.745. The molecule has 0 heterocycles. The van der Waals surface area contributed by atoms with Crippen LogP contribution in [0, 0.1) is 6.92 Å². The summed E-state index contributed by atoms with van der Waals surface area (Å²) >= 11 is 0. The van der Waals surface area contributed by atoms with Gasteiger partial charge < -0.3 is 9.84 Å². The van der Waals surface area contributed by atoms with Crippen LogP contribution in [0.5, 0.6) is 11.5 Å². The van der Waals surface area contributed by atoms with Crippen molar-refractivity contribution in [1.82, 2.24) is 0 Å². The van der Waals surface area contributed by atoms with Gasteiger partial charge in [0, 0.05) is 0 Å². The van der Waals surface area contributed by atoms with Crippen molar-refractivity contribution in [3.63, 3.8) is 0 Å². The van der Waals surface area contributed by atoms with Crippen LogP contribution in [0.15, 0.2) is 30.3 Å². The first-order valence-corrected chi connectivity index (χ1v) is 4.48. The summed E-state index contributed by atoms with van der Waals surface area (Å²) < 4.78 is 5.23. The maximum atomic E-state index is 9.69. The van der Waals surface area contributed by atoms with Crippen LogP contribution < -0.4 is 4.74 Å². The molecule has 72 valence electrons. The maximum Gasteiger partial charge on any atom is 0.130 e. The fraction of sp³-hybridized carbons (Fsp3) is 0.167. The molecule has 0 spiro atoms. The molecule has 0 unspecified atom stereocenters. The van der Waals surface area contributed by atoms with Crippen molar-refractivity contribution >= 4 is 10.8 Å². The molecular weight excluding hydrogens is 176 g/mol. The molecule has 2 aromatic rings. The van der Waals surface area contributed by atoms with Crippen LogP contribution >= 0.6 is 0 Å². The number of phenolic OH excluding ortho intramolecular Hbond substituents is 1. The minimum absolute atomic E-state index is 0.263. The van der Waals surface area contributed by atoms with Crippen molar-refractivity contribution in [1.29, 1.82) is 0 Å². The van der Waals surface area contributed by atoms with Crippen LogP contribution in [0.25, 0.3) is 10.8 Å². The van der Waals surface area contributed by atoms with Gasteiger partial charge in [0.05, 0.1) is 12.5 Å². The van der Waals surface area contributed by atoms with Gasteiger partial charge in [0.15, 0.2) is 0 Å². The van der Waals surface area contributed by atoms with Gasteiger partial charge in [-0.25, -0.2) is 0 Å². The summed E-state index contributed by atoms with van der Waals surface area (Å²) in [5.41, 5.74) is 1.12. The Labute approximate surface area is 82.8 Å². The number of fused-ring (bicyclic) bond motifs is 1. The number of phenols is 1. The van der Waals surface area contributed by atoms with Crippen LogP contribution in [-0.4, -0.2) is 12.2 Å². The minimum atomic E-state index is 0.263. The first kappa shape index (κ1) is 8.88. The summed E-state index contributed by atoms with van der Waals surface area (Å²) in [7, 11) is 1.61. The smallest absolute Gasteiger partial charge is 0.130 e. The lowest BCUT2D eigenvalue weighted by atomic mass is 10.1. The number of methoxy groups -OCH3 is 1. The summed E-state index contributed by atoms with van der Waals surface area (Å²) in [4.78, 5) is 0. The molecule has 0 amide bonds. The normalized spacial score (nSPS) is 10.4. The van der Waals surface area contributed by atoms with Gasteiger partial charge in [-0.1, -0.05) is 18.2 Å². The molecule has 2 rings (SSSR count). The molecule has 0 bridgehead atoms. The highest BCUT2D eigenvalue weighted by Gasteiger charge is 2.06. The van der Waals surface area contributed by atoms with E-state index in [0.717, 1.165) is 22.1 Å². The number of ether oxygens (including phenoxy) is 1. The molecular formula is C12H12O2. The standard InChI is InChI=1S/C12H12O2/c1-8-6-9-4-3-5-10(13)12(9)11(7-8)14-2/h3-7,13H,1-2H3. The monoisotopic (exact) mass is 188 g/mol. The van der Waals surface area contributed by atoms with Crippen molar-refractivity contribution < 1.29 is 9.84 Å². The van der Waals surface area contributed by atoms with E-state index in [4.69, 9.17) is 4.74 Å². The highest BCUT2D eigenvalue weighted by molar-refractivity contribution is 5.94. The summed E-state index contributed by atoms with van der Waals surface area (Å²) in [6.45, 7) is 2.01. The zero-order valence-electron chi connectivity index (χ0n) is 8.24. The Morgan fingerprint density at radius 2 is 2.00 bits per heavy atom. The third-order valence-corrected chi connectivity index (χ3v) is 2.28. The first-order valence-electron chi connectivity index (χ1n) is 4.48. The maximum absolute atomic E-state index is 9.69. The molecule has 0 aliphatic carbocycles. The van der Waals surface area contributed by atoms with Crippen LogP contribution in [0.2, 0.25) is 0 Å². The molecule has 1 N–H and O–H groups in total. The number of benzene rings is 2. The summed E-state index contributed by atoms with van der Waals surface area (Å²) in [5, 5.41) is 11.5. The van der Waals surface area contributed by atoms with Gasteiger partial charge in [-0.15, -0.1) is 0 Å². The Morgan fingerprint density at radius 3 is 2.71 bits per heavy atom. The lowest BCUT2D eigenvalue weighted by molar-refractivity contribution is 0.416. The Bertz CT molecular complexity index is 475. The van der Waals surface area contributed by atoms with E-state index < -0.39 is 0 Å². The SMILES string of the molecule is COc1cc(C)cc2cccc(O)c12. The fourth-order valence-electron chi connectivity index (χ4n) is 1.67. The van der Waals surface area contributed by atoms with E-state index in [0.29, 0.717) is 0 Å². The molecule has 0 fully saturated rings. The Kier molecular flexibility index (Phi) is 2.04. The van der Waals surface area contributed by atoms with E-state index in [9.17, 15) is 5.11 Å². The van der Waals surface area contributed by atoms with Crippen LogP contribution in [0.3, 0.4) is 0 Å². The second-order valence-corrected chi connectivity index (χ2v) is 3.34. The molecule has 2 aromatic carbocycles. The summed E-state index contributed by atoms with van der Waals surface area (Å²) in [5.74, 6) is 0.984. The zero-order valence-corrected chi connectivity index (χ0v) is 8.24. The highest BCUT2D eigenvalue weighted by Crippen LogP contribution is 2.33. The second kappa shape index (κ2) is 3.22. The Balaban J connectivity index is 2.88. The molecule has 0 saturated heterocycles. The summed E-state index contributed by atoms with van der Waals surface area (Å²) in [6, 6.07) is 9.40. The topological polar surface area (TPSA) is 29.5 Å². The summed E-state index contributed by atoms with van der Waals surface area (Å²) in [6.07, 6.45) is 0. The molecule has 0 radical (unpaired) electrons. The van der Waals surface area contributed by atoms with Gasteiger partial charge in [-0.2, -0.15) is 0 Å². The third kappa shape index (κ3) is 1.29. The largest absolute Gasteiger partial charge is 0.507 e. The number of aromatic hydroxyl groups is 1. The van der Waals surface area contributed by atoms with Crippen molar-refractivity contribution in [2.75, 3.05) is 7.11 Å². The van der Waals surface area contributed by atoms with Gasteiger partial charge in [0.25, 0.3) is 0 Å². The average Bonchev–Trinajstić information content (AvgIpc) is 2.16. The lowest BCUT2D eigenvalue weighted by Gasteiger charge is -2.08. The van der Waals surface area contributed by atoms with Crippen molar-refractivity contribution in [2.24, 2.45) is 0 Å². The Morgan fingerprint density at radius 1 is 1.21 bits per heavy atom. The van der Waals surface area contributed by atoms with Gasteiger partial charge in [-0.3, -0.25) is 0 Å². The molecule has 0 aromatic heterocycles. The highest BCUT2D eigenvalue weighted by atomic mass is 16.5. The first-order chi connectivity index (χ1) is 6.72. The van der Waals surface area contributed by atoms with Crippen LogP contribution in [-0.2, 0) is 0 Å². The molecule has 2 heteroatoms. The molecule has 0 aliphatic heterocycles. The predicted molar refractivity (Wildman–Crippen MR) is 56.9 cm³/mol. The van der Waals surface area contributed by atoms with Crippen molar-refractivity contribution in [3.05, 3.63) is 35.9 Å². The van der Waals surface area contributed by atoms with E-state index in [1.54, 1.807) is 13.2 Å². The number of aryl methyl sites for hydroxylation is 1. The van der Waals surface area contributed by atoms with E-state index in [1.807, 2.05) is 31.2 Å². The van der Waals surface area contributed by atoms with Gasteiger partial charge in [0.2, 0.25) is 0 Å². The molecule has 0 aliphatic rings. The van der Waals surface area contributed by atoms with Crippen LogP contribution in [0.1, 0.15) is 5.56 Å². The zero-order chi connectivity index (χ0) is 10.1. The lowest BCUT2D eigenvalue weighted by Crippen LogP contribution is -1.86. The van der Waals surface area contributed by atoms with Gasteiger partial charge >= 0.3 is 0 Å². The fourth-order valence-corrected chi connectivity index (χ4v) is 1.67. The van der Waals surface area contributed by atoms with E-state index in [2.05, 4.69) is 0 Å². The molecule has 2 nitrogen and oxygen atoms in total. The van der Waals surface area contributed by atoms with E-state index in [-0.39, 0.29) is 5.75 Å². The predicted octanol–water partition coefficient (Wildman–Crippen LogP) is 2.86. The molecule has 14 heavy (non-hydrogen) atoms. The van der Waals surface area contributed by atoms with E-state index >= 15 is 0 Å².